The third-order valence-electron chi connectivity index (χ3n) is 2.71. The molecule has 1 aromatic rings. The van der Waals surface area contributed by atoms with Gasteiger partial charge in [0.05, 0.1) is 5.56 Å². The van der Waals surface area contributed by atoms with Crippen molar-refractivity contribution in [2.45, 2.75) is 17.7 Å². The summed E-state index contributed by atoms with van der Waals surface area (Å²) in [4.78, 5) is 11.9. The average Bonchev–Trinajstić information content (AvgIpc) is 3.10. The van der Waals surface area contributed by atoms with Crippen molar-refractivity contribution in [3.8, 4) is 0 Å². The van der Waals surface area contributed by atoms with E-state index in [1.165, 1.54) is 25.0 Å². The molecule has 0 aliphatic heterocycles. The highest BCUT2D eigenvalue weighted by molar-refractivity contribution is 9.09. The molecule has 0 heterocycles. The standard InChI is InChI=1S/C12H13BrFNO/c13-10(8-5-6-8)7-15-12(16)9-3-1-2-4-11(9)14/h1-4,8,10H,5-7H2,(H,15,16). The molecule has 0 aromatic heterocycles. The van der Waals surface area contributed by atoms with Gasteiger partial charge in [0.15, 0.2) is 0 Å². The van der Waals surface area contributed by atoms with Gasteiger partial charge in [0.2, 0.25) is 0 Å². The molecule has 1 aliphatic rings. The number of benzene rings is 1. The van der Waals surface area contributed by atoms with E-state index < -0.39 is 5.82 Å². The second-order valence-electron chi connectivity index (χ2n) is 4.04. The number of halogens is 2. The Morgan fingerprint density at radius 1 is 1.50 bits per heavy atom. The quantitative estimate of drug-likeness (QED) is 0.847. The number of amides is 1. The van der Waals surface area contributed by atoms with Crippen LogP contribution in [0, 0.1) is 11.7 Å². The van der Waals surface area contributed by atoms with E-state index in [0.717, 1.165) is 0 Å². The second-order valence-corrected chi connectivity index (χ2v) is 5.22. The molecule has 1 amide bonds. The van der Waals surface area contributed by atoms with E-state index in [2.05, 4.69) is 21.2 Å². The molecular formula is C12H13BrFNO. The fourth-order valence-electron chi connectivity index (χ4n) is 1.56. The highest BCUT2D eigenvalue weighted by atomic mass is 79.9. The molecule has 1 atom stereocenters. The van der Waals surface area contributed by atoms with Gasteiger partial charge in [-0.25, -0.2) is 4.39 Å². The van der Waals surface area contributed by atoms with Gasteiger partial charge in [-0.2, -0.15) is 0 Å². The minimum Gasteiger partial charge on any atom is -0.351 e. The SMILES string of the molecule is O=C(NCC(Br)C1CC1)c1ccccc1F. The largest absolute Gasteiger partial charge is 0.351 e. The third-order valence-corrected chi connectivity index (χ3v) is 3.78. The average molecular weight is 286 g/mol. The maximum Gasteiger partial charge on any atom is 0.254 e. The van der Waals surface area contributed by atoms with Gasteiger partial charge in [-0.05, 0) is 30.9 Å². The summed E-state index contributed by atoms with van der Waals surface area (Å²) in [6.45, 7) is 0.553. The summed E-state index contributed by atoms with van der Waals surface area (Å²) < 4.78 is 13.3. The fourth-order valence-corrected chi connectivity index (χ4v) is 2.25. The smallest absolute Gasteiger partial charge is 0.254 e. The summed E-state index contributed by atoms with van der Waals surface area (Å²) in [7, 11) is 0. The Morgan fingerprint density at radius 2 is 2.19 bits per heavy atom. The summed E-state index contributed by atoms with van der Waals surface area (Å²) >= 11 is 3.52. The normalized spacial score (nSPS) is 16.9. The zero-order chi connectivity index (χ0) is 11.5. The van der Waals surface area contributed by atoms with Crippen LogP contribution in [0.25, 0.3) is 0 Å². The lowest BCUT2D eigenvalue weighted by Gasteiger charge is -2.10. The molecule has 1 aliphatic carbocycles. The first-order chi connectivity index (χ1) is 7.68. The van der Waals surface area contributed by atoms with Crippen LogP contribution < -0.4 is 5.32 Å². The van der Waals surface area contributed by atoms with Crippen LogP contribution in [0.3, 0.4) is 0 Å². The molecule has 2 rings (SSSR count). The van der Waals surface area contributed by atoms with E-state index in [-0.39, 0.29) is 11.5 Å². The number of rotatable bonds is 4. The van der Waals surface area contributed by atoms with Crippen molar-refractivity contribution in [3.05, 3.63) is 35.6 Å². The summed E-state index contributed by atoms with van der Waals surface area (Å²) in [5.41, 5.74) is 0.109. The van der Waals surface area contributed by atoms with Crippen LogP contribution in [0.5, 0.6) is 0 Å². The highest BCUT2D eigenvalue weighted by Gasteiger charge is 2.29. The number of nitrogens with one attached hydrogen (secondary N) is 1. The van der Waals surface area contributed by atoms with Gasteiger partial charge in [-0.1, -0.05) is 28.1 Å². The highest BCUT2D eigenvalue weighted by Crippen LogP contribution is 2.36. The molecule has 0 radical (unpaired) electrons. The summed E-state index contributed by atoms with van der Waals surface area (Å²) in [6, 6.07) is 6.01. The fraction of sp³-hybridized carbons (Fsp3) is 0.417. The first kappa shape index (κ1) is 11.6. The van der Waals surface area contributed by atoms with Crippen LogP contribution in [-0.2, 0) is 0 Å². The van der Waals surface area contributed by atoms with E-state index in [0.29, 0.717) is 17.3 Å². The van der Waals surface area contributed by atoms with Crippen molar-refractivity contribution >= 4 is 21.8 Å². The van der Waals surface area contributed by atoms with Gasteiger partial charge in [-0.3, -0.25) is 4.79 Å². The van der Waals surface area contributed by atoms with Crippen LogP contribution >= 0.6 is 15.9 Å². The zero-order valence-electron chi connectivity index (χ0n) is 8.75. The molecule has 0 spiro atoms. The molecule has 1 saturated carbocycles. The monoisotopic (exact) mass is 285 g/mol. The molecule has 1 unspecified atom stereocenters. The molecule has 0 saturated heterocycles. The lowest BCUT2D eigenvalue weighted by atomic mass is 10.2. The van der Waals surface area contributed by atoms with Crippen LogP contribution in [0.4, 0.5) is 4.39 Å². The Hall–Kier alpha value is -0.900. The van der Waals surface area contributed by atoms with Crippen molar-refractivity contribution in [2.24, 2.45) is 5.92 Å². The molecule has 1 fully saturated rings. The molecule has 0 bridgehead atoms. The second kappa shape index (κ2) is 4.95. The minimum atomic E-state index is -0.474. The van der Waals surface area contributed by atoms with Crippen LogP contribution in [0.1, 0.15) is 23.2 Å². The first-order valence-electron chi connectivity index (χ1n) is 5.35. The van der Waals surface area contributed by atoms with Gasteiger partial charge >= 0.3 is 0 Å². The van der Waals surface area contributed by atoms with Gasteiger partial charge in [-0.15, -0.1) is 0 Å². The van der Waals surface area contributed by atoms with E-state index >= 15 is 0 Å². The molecular weight excluding hydrogens is 273 g/mol. The predicted molar refractivity (Wildman–Crippen MR) is 64.2 cm³/mol. The summed E-state index contributed by atoms with van der Waals surface area (Å²) in [5.74, 6) is -0.151. The summed E-state index contributed by atoms with van der Waals surface area (Å²) in [5, 5.41) is 2.74. The Labute approximate surface area is 102 Å². The molecule has 2 nitrogen and oxygen atoms in total. The van der Waals surface area contributed by atoms with Gasteiger partial charge in [0.25, 0.3) is 5.91 Å². The predicted octanol–water partition coefficient (Wildman–Crippen LogP) is 2.73. The molecule has 1 aromatic carbocycles. The number of alkyl halides is 1. The number of carbonyl (C=O) groups is 1. The number of hydrogen-bond acceptors (Lipinski definition) is 1. The van der Waals surface area contributed by atoms with Crippen LogP contribution in [0.2, 0.25) is 0 Å². The molecule has 1 N–H and O–H groups in total. The Bertz CT molecular complexity index is 392. The van der Waals surface area contributed by atoms with Gasteiger partial charge in [0.1, 0.15) is 5.82 Å². The van der Waals surface area contributed by atoms with Crippen molar-refractivity contribution in [2.75, 3.05) is 6.54 Å². The minimum absolute atomic E-state index is 0.109. The van der Waals surface area contributed by atoms with E-state index in [1.807, 2.05) is 0 Å². The zero-order valence-corrected chi connectivity index (χ0v) is 10.3. The van der Waals surface area contributed by atoms with E-state index in [9.17, 15) is 9.18 Å². The van der Waals surface area contributed by atoms with Crippen LogP contribution in [0.15, 0.2) is 24.3 Å². The molecule has 16 heavy (non-hydrogen) atoms. The summed E-state index contributed by atoms with van der Waals surface area (Å²) in [6.07, 6.45) is 2.43. The Balaban J connectivity index is 1.90. The lowest BCUT2D eigenvalue weighted by Crippen LogP contribution is -2.30. The Morgan fingerprint density at radius 3 is 2.81 bits per heavy atom. The first-order valence-corrected chi connectivity index (χ1v) is 6.27. The van der Waals surface area contributed by atoms with Crippen molar-refractivity contribution < 1.29 is 9.18 Å². The van der Waals surface area contributed by atoms with Gasteiger partial charge in [0, 0.05) is 11.4 Å². The number of carbonyl (C=O) groups excluding carboxylic acids is 1. The van der Waals surface area contributed by atoms with Crippen molar-refractivity contribution in [1.82, 2.24) is 5.32 Å². The molecule has 4 heteroatoms. The maximum atomic E-state index is 13.3. The van der Waals surface area contributed by atoms with E-state index in [4.69, 9.17) is 0 Å². The van der Waals surface area contributed by atoms with Gasteiger partial charge < -0.3 is 5.32 Å². The topological polar surface area (TPSA) is 29.1 Å². The van der Waals surface area contributed by atoms with Crippen molar-refractivity contribution in [1.29, 1.82) is 0 Å². The number of hydrogen-bond donors (Lipinski definition) is 1. The molecule has 86 valence electrons. The van der Waals surface area contributed by atoms with Crippen molar-refractivity contribution in [3.63, 3.8) is 0 Å². The van der Waals surface area contributed by atoms with Crippen LogP contribution in [-0.4, -0.2) is 17.3 Å². The van der Waals surface area contributed by atoms with E-state index in [1.54, 1.807) is 12.1 Å². The Kier molecular flexibility index (Phi) is 3.59. The third kappa shape index (κ3) is 2.82. The lowest BCUT2D eigenvalue weighted by molar-refractivity contribution is 0.0949. The maximum absolute atomic E-state index is 13.3.